The first-order chi connectivity index (χ1) is 13.9. The molecule has 0 radical (unpaired) electrons. The second-order valence-corrected chi connectivity index (χ2v) is 7.44. The minimum Gasteiger partial charge on any atom is -0.508 e. The first kappa shape index (κ1) is 20.4. The summed E-state index contributed by atoms with van der Waals surface area (Å²) in [7, 11) is 1.48. The number of thioether (sulfide) groups is 1. The molecule has 29 heavy (non-hydrogen) atoms. The molecule has 1 aliphatic heterocycles. The Hall–Kier alpha value is -3.33. The summed E-state index contributed by atoms with van der Waals surface area (Å²) in [5.41, 5.74) is 7.69. The summed E-state index contributed by atoms with van der Waals surface area (Å²) in [6.07, 6.45) is 0.0123. The van der Waals surface area contributed by atoms with Gasteiger partial charge in [-0.1, -0.05) is 23.9 Å². The Labute approximate surface area is 172 Å². The van der Waals surface area contributed by atoms with Crippen molar-refractivity contribution in [3.05, 3.63) is 54.1 Å². The highest BCUT2D eigenvalue weighted by Crippen LogP contribution is 2.35. The van der Waals surface area contributed by atoms with Gasteiger partial charge >= 0.3 is 0 Å². The number of hydrogen-bond donors (Lipinski definition) is 2. The number of phenols is 1. The van der Waals surface area contributed by atoms with E-state index in [9.17, 15) is 14.7 Å². The van der Waals surface area contributed by atoms with E-state index in [-0.39, 0.29) is 29.2 Å². The molecule has 1 atom stereocenters. The van der Waals surface area contributed by atoms with Crippen LogP contribution >= 0.6 is 11.8 Å². The third-order valence-corrected chi connectivity index (χ3v) is 5.25. The van der Waals surface area contributed by atoms with Crippen LogP contribution in [0.2, 0.25) is 0 Å². The lowest BCUT2D eigenvalue weighted by atomic mass is 10.1. The molecule has 3 rings (SSSR count). The second-order valence-electron chi connectivity index (χ2n) is 6.22. The van der Waals surface area contributed by atoms with E-state index in [1.54, 1.807) is 55.5 Å². The monoisotopic (exact) mass is 412 g/mol. The van der Waals surface area contributed by atoms with Crippen molar-refractivity contribution >= 4 is 40.1 Å². The summed E-state index contributed by atoms with van der Waals surface area (Å²) in [5, 5.41) is 16.8. The summed E-state index contributed by atoms with van der Waals surface area (Å²) in [4.78, 5) is 26.3. The Morgan fingerprint density at radius 3 is 2.55 bits per heavy atom. The summed E-state index contributed by atoms with van der Waals surface area (Å²) in [5.74, 6) is -0.102. The highest BCUT2D eigenvalue weighted by molar-refractivity contribution is 8.14. The van der Waals surface area contributed by atoms with E-state index in [0.717, 1.165) is 22.2 Å². The van der Waals surface area contributed by atoms with E-state index in [1.807, 2.05) is 0 Å². The standard InChI is InChI=1S/C20H20N4O4S/c1-12(13-7-9-14(25)10-8-13)22-23-20(21)29-17-11-18(26)24(19(17)27)15-5-3-4-6-16(15)28-2/h3-10,17,25H,11H2,1-2H3,(H2,21,23)/b22-12-/t17-/m1/s1. The highest BCUT2D eigenvalue weighted by atomic mass is 32.2. The molecule has 0 aliphatic carbocycles. The number of methoxy groups -OCH3 is 1. The number of phenolic OH excluding ortho intramolecular Hbond substituents is 1. The van der Waals surface area contributed by atoms with E-state index >= 15 is 0 Å². The number of amidine groups is 1. The summed E-state index contributed by atoms with van der Waals surface area (Å²) >= 11 is 0.998. The molecular formula is C20H20N4O4S. The minimum absolute atomic E-state index is 0.0123. The predicted octanol–water partition coefficient (Wildman–Crippen LogP) is 2.50. The van der Waals surface area contributed by atoms with Crippen LogP contribution in [0.5, 0.6) is 11.5 Å². The third kappa shape index (κ3) is 4.57. The van der Waals surface area contributed by atoms with Crippen molar-refractivity contribution in [1.82, 2.24) is 0 Å². The molecule has 1 saturated heterocycles. The molecule has 0 bridgehead atoms. The topological polar surface area (TPSA) is 118 Å². The van der Waals surface area contributed by atoms with Gasteiger partial charge in [0.2, 0.25) is 11.8 Å². The molecule has 3 N–H and O–H groups in total. The van der Waals surface area contributed by atoms with E-state index < -0.39 is 5.25 Å². The smallest absolute Gasteiger partial charge is 0.248 e. The van der Waals surface area contributed by atoms with Crippen molar-refractivity contribution < 1.29 is 19.4 Å². The third-order valence-electron chi connectivity index (χ3n) is 4.28. The van der Waals surface area contributed by atoms with Crippen molar-refractivity contribution in [2.45, 2.75) is 18.6 Å². The van der Waals surface area contributed by atoms with Gasteiger partial charge in [0, 0.05) is 6.42 Å². The average molecular weight is 412 g/mol. The van der Waals surface area contributed by atoms with Crippen LogP contribution in [0.4, 0.5) is 5.69 Å². The fourth-order valence-corrected chi connectivity index (χ4v) is 3.63. The lowest BCUT2D eigenvalue weighted by molar-refractivity contribution is -0.121. The Kier molecular flexibility index (Phi) is 6.18. The van der Waals surface area contributed by atoms with Crippen LogP contribution < -0.4 is 15.4 Å². The number of imide groups is 1. The Morgan fingerprint density at radius 2 is 1.86 bits per heavy atom. The van der Waals surface area contributed by atoms with Gasteiger partial charge in [-0.3, -0.25) is 9.59 Å². The van der Waals surface area contributed by atoms with Crippen molar-refractivity contribution in [3.63, 3.8) is 0 Å². The Morgan fingerprint density at radius 1 is 1.17 bits per heavy atom. The van der Waals surface area contributed by atoms with Gasteiger partial charge in [-0.15, -0.1) is 5.10 Å². The number of carbonyl (C=O) groups is 2. The van der Waals surface area contributed by atoms with Crippen LogP contribution in [0.25, 0.3) is 0 Å². The summed E-state index contributed by atoms with van der Waals surface area (Å²) in [6, 6.07) is 13.3. The Balaban J connectivity index is 1.72. The molecule has 2 amide bonds. The number of carbonyl (C=O) groups excluding carboxylic acids is 2. The van der Waals surface area contributed by atoms with Gasteiger partial charge in [0.1, 0.15) is 16.7 Å². The molecule has 8 nitrogen and oxygen atoms in total. The predicted molar refractivity (Wildman–Crippen MR) is 113 cm³/mol. The van der Waals surface area contributed by atoms with Gasteiger partial charge in [0.05, 0.1) is 18.5 Å². The minimum atomic E-state index is -0.680. The zero-order chi connectivity index (χ0) is 21.0. The largest absolute Gasteiger partial charge is 0.508 e. The fraction of sp³-hybridized carbons (Fsp3) is 0.200. The lowest BCUT2D eigenvalue weighted by Crippen LogP contribution is -2.32. The van der Waals surface area contributed by atoms with E-state index in [4.69, 9.17) is 10.5 Å². The molecule has 0 spiro atoms. The number of para-hydroxylation sites is 2. The SMILES string of the molecule is COc1ccccc1N1C(=O)C[C@@H](SC(N)=N/N=C(/C)c2ccc(O)cc2)C1=O. The number of rotatable bonds is 5. The molecule has 2 aromatic rings. The molecule has 9 heteroatoms. The van der Waals surface area contributed by atoms with Gasteiger partial charge in [-0.25, -0.2) is 4.90 Å². The van der Waals surface area contributed by atoms with Gasteiger partial charge in [-0.05, 0) is 48.9 Å². The Bertz CT molecular complexity index is 988. The number of amides is 2. The van der Waals surface area contributed by atoms with Crippen molar-refractivity contribution in [2.75, 3.05) is 12.0 Å². The fourth-order valence-electron chi connectivity index (χ4n) is 2.82. The van der Waals surface area contributed by atoms with Crippen LogP contribution in [0.3, 0.4) is 0 Å². The maximum atomic E-state index is 12.8. The molecule has 1 fully saturated rings. The van der Waals surface area contributed by atoms with Crippen LogP contribution in [-0.4, -0.2) is 40.2 Å². The molecule has 2 aromatic carbocycles. The average Bonchev–Trinajstić information content (AvgIpc) is 2.99. The number of ether oxygens (including phenoxy) is 1. The quantitative estimate of drug-likeness (QED) is 0.337. The molecule has 150 valence electrons. The number of nitrogens with two attached hydrogens (primary N) is 1. The zero-order valence-electron chi connectivity index (χ0n) is 15.9. The van der Waals surface area contributed by atoms with Crippen molar-refractivity contribution in [1.29, 1.82) is 0 Å². The van der Waals surface area contributed by atoms with Crippen LogP contribution in [0.1, 0.15) is 18.9 Å². The van der Waals surface area contributed by atoms with Crippen molar-refractivity contribution in [3.8, 4) is 11.5 Å². The molecular weight excluding hydrogens is 392 g/mol. The molecule has 1 aliphatic rings. The molecule has 0 unspecified atom stereocenters. The maximum Gasteiger partial charge on any atom is 0.248 e. The zero-order valence-corrected chi connectivity index (χ0v) is 16.7. The van der Waals surface area contributed by atoms with Gasteiger partial charge < -0.3 is 15.6 Å². The second kappa shape index (κ2) is 8.78. The molecule has 1 heterocycles. The molecule has 0 aromatic heterocycles. The van der Waals surface area contributed by atoms with E-state index in [1.165, 1.54) is 7.11 Å². The molecule has 0 saturated carbocycles. The first-order valence-corrected chi connectivity index (χ1v) is 9.62. The van der Waals surface area contributed by atoms with Crippen LogP contribution in [0, 0.1) is 0 Å². The van der Waals surface area contributed by atoms with Gasteiger partial charge in [-0.2, -0.15) is 5.10 Å². The normalized spacial score (nSPS) is 17.7. The number of nitrogens with zero attached hydrogens (tertiary/aromatic N) is 3. The first-order valence-electron chi connectivity index (χ1n) is 8.74. The maximum absolute atomic E-state index is 12.8. The van der Waals surface area contributed by atoms with Crippen LogP contribution in [0.15, 0.2) is 58.7 Å². The number of anilines is 1. The van der Waals surface area contributed by atoms with Gasteiger partial charge in [0.15, 0.2) is 5.17 Å². The van der Waals surface area contributed by atoms with E-state index in [2.05, 4.69) is 10.2 Å². The summed E-state index contributed by atoms with van der Waals surface area (Å²) < 4.78 is 5.25. The summed E-state index contributed by atoms with van der Waals surface area (Å²) in [6.45, 7) is 1.75. The number of hydrogen-bond acceptors (Lipinski definition) is 7. The lowest BCUT2D eigenvalue weighted by Gasteiger charge is -2.17. The number of benzene rings is 2. The van der Waals surface area contributed by atoms with Gasteiger partial charge in [0.25, 0.3) is 0 Å². The van der Waals surface area contributed by atoms with E-state index in [0.29, 0.717) is 17.1 Å². The number of aromatic hydroxyl groups is 1. The van der Waals surface area contributed by atoms with Crippen LogP contribution in [-0.2, 0) is 9.59 Å². The highest BCUT2D eigenvalue weighted by Gasteiger charge is 2.41. The van der Waals surface area contributed by atoms with Crippen molar-refractivity contribution in [2.24, 2.45) is 15.9 Å².